The molecule has 0 fully saturated rings. The fraction of sp³-hybridized carbons (Fsp3) is 0.0526. The number of hydrogen-bond donors (Lipinski definition) is 3. The first-order chi connectivity index (χ1) is 13.1. The predicted octanol–water partition coefficient (Wildman–Crippen LogP) is 3.47. The minimum Gasteiger partial charge on any atom is -0.497 e. The normalized spacial score (nSPS) is 10.7. The lowest BCUT2D eigenvalue weighted by atomic mass is 10.1. The molecule has 2 heterocycles. The number of carbonyl (C=O) groups is 1. The summed E-state index contributed by atoms with van der Waals surface area (Å²) in [7, 11) is 1.57. The molecule has 2 aromatic carbocycles. The number of aromatic nitrogens is 4. The van der Waals surface area contributed by atoms with Crippen molar-refractivity contribution in [1.82, 2.24) is 20.2 Å². The fourth-order valence-electron chi connectivity index (χ4n) is 2.72. The second kappa shape index (κ2) is 6.75. The van der Waals surface area contributed by atoms with Crippen molar-refractivity contribution in [2.75, 3.05) is 12.4 Å². The van der Waals surface area contributed by atoms with E-state index in [0.29, 0.717) is 23.0 Å². The van der Waals surface area contributed by atoms with Gasteiger partial charge in [-0.1, -0.05) is 0 Å². The highest BCUT2D eigenvalue weighted by atomic mass is 16.5. The number of nitrogens with one attached hydrogen (secondary N) is 2. The van der Waals surface area contributed by atoms with Crippen LogP contribution < -0.4 is 10.1 Å². The Morgan fingerprint density at radius 2 is 1.96 bits per heavy atom. The maximum absolute atomic E-state index is 11.6. The second-order valence-corrected chi connectivity index (χ2v) is 5.79. The molecule has 0 aliphatic heterocycles. The highest BCUT2D eigenvalue weighted by Gasteiger charge is 2.16. The molecule has 0 saturated carbocycles. The van der Waals surface area contributed by atoms with E-state index >= 15 is 0 Å². The zero-order valence-electron chi connectivity index (χ0n) is 14.3. The minimum absolute atomic E-state index is 0.0241. The standard InChI is InChI=1S/C19H15N5O3/c1-27-14-5-2-11(3-6-14)17-15(18(25)26)10-20-19(23-17)22-13-4-7-16-12(8-13)9-21-24-16/h2-10H,1H3,(H,21,24)(H,25,26)(H,20,22,23). The maximum Gasteiger partial charge on any atom is 0.339 e. The molecule has 0 radical (unpaired) electrons. The van der Waals surface area contributed by atoms with Gasteiger partial charge in [-0.25, -0.2) is 14.8 Å². The van der Waals surface area contributed by atoms with Crippen LogP contribution in [0.5, 0.6) is 5.75 Å². The fourth-order valence-corrected chi connectivity index (χ4v) is 2.72. The van der Waals surface area contributed by atoms with Gasteiger partial charge in [0.25, 0.3) is 0 Å². The van der Waals surface area contributed by atoms with E-state index in [1.54, 1.807) is 37.6 Å². The molecule has 0 aliphatic rings. The van der Waals surface area contributed by atoms with Crippen LogP contribution in [0.1, 0.15) is 10.4 Å². The number of carboxylic acid groups (broad SMARTS) is 1. The summed E-state index contributed by atoms with van der Waals surface area (Å²) in [6.07, 6.45) is 3.02. The van der Waals surface area contributed by atoms with E-state index in [0.717, 1.165) is 16.6 Å². The number of nitrogens with zero attached hydrogens (tertiary/aromatic N) is 3. The molecule has 134 valence electrons. The van der Waals surface area contributed by atoms with Crippen LogP contribution in [-0.4, -0.2) is 38.4 Å². The molecule has 0 saturated heterocycles. The van der Waals surface area contributed by atoms with Crippen LogP contribution in [0.15, 0.2) is 54.9 Å². The molecule has 0 atom stereocenters. The van der Waals surface area contributed by atoms with Crippen LogP contribution in [0.2, 0.25) is 0 Å². The molecule has 4 aromatic rings. The van der Waals surface area contributed by atoms with Crippen molar-refractivity contribution in [3.63, 3.8) is 0 Å². The molecular formula is C19H15N5O3. The van der Waals surface area contributed by atoms with Gasteiger partial charge in [0.05, 0.1) is 24.5 Å². The quantitative estimate of drug-likeness (QED) is 0.499. The second-order valence-electron chi connectivity index (χ2n) is 5.79. The number of aromatic carboxylic acids is 1. The van der Waals surface area contributed by atoms with Crippen molar-refractivity contribution < 1.29 is 14.6 Å². The Balaban J connectivity index is 1.72. The monoisotopic (exact) mass is 361 g/mol. The van der Waals surface area contributed by atoms with Crippen LogP contribution in [0.25, 0.3) is 22.2 Å². The van der Waals surface area contributed by atoms with E-state index in [2.05, 4.69) is 25.5 Å². The number of benzene rings is 2. The van der Waals surface area contributed by atoms with E-state index in [1.165, 1.54) is 6.20 Å². The number of carboxylic acids is 1. The Kier molecular flexibility index (Phi) is 4.13. The summed E-state index contributed by atoms with van der Waals surface area (Å²) in [4.78, 5) is 20.1. The van der Waals surface area contributed by atoms with Gasteiger partial charge in [-0.15, -0.1) is 0 Å². The molecule has 27 heavy (non-hydrogen) atoms. The number of hydrogen-bond acceptors (Lipinski definition) is 6. The molecular weight excluding hydrogens is 346 g/mol. The number of fused-ring (bicyclic) bond motifs is 1. The van der Waals surface area contributed by atoms with Crippen LogP contribution in [-0.2, 0) is 0 Å². The molecule has 8 heteroatoms. The van der Waals surface area contributed by atoms with E-state index in [1.807, 2.05) is 18.2 Å². The smallest absolute Gasteiger partial charge is 0.339 e. The first kappa shape index (κ1) is 16.5. The summed E-state index contributed by atoms with van der Waals surface area (Å²) in [5.41, 5.74) is 2.70. The van der Waals surface area contributed by atoms with Crippen LogP contribution >= 0.6 is 0 Å². The highest BCUT2D eigenvalue weighted by molar-refractivity contribution is 5.94. The van der Waals surface area contributed by atoms with Crippen molar-refractivity contribution in [2.24, 2.45) is 0 Å². The van der Waals surface area contributed by atoms with Gasteiger partial charge in [-0.05, 0) is 42.5 Å². The summed E-state index contributed by atoms with van der Waals surface area (Å²) < 4.78 is 5.14. The molecule has 0 spiro atoms. The highest BCUT2D eigenvalue weighted by Crippen LogP contribution is 2.26. The van der Waals surface area contributed by atoms with Gasteiger partial charge in [0.15, 0.2) is 0 Å². The molecule has 0 unspecified atom stereocenters. The third-order valence-electron chi connectivity index (χ3n) is 4.08. The maximum atomic E-state index is 11.6. The Hall–Kier alpha value is -3.94. The largest absolute Gasteiger partial charge is 0.497 e. The first-order valence-electron chi connectivity index (χ1n) is 8.09. The Morgan fingerprint density at radius 3 is 2.70 bits per heavy atom. The lowest BCUT2D eigenvalue weighted by Crippen LogP contribution is -2.06. The Morgan fingerprint density at radius 1 is 1.15 bits per heavy atom. The molecule has 3 N–H and O–H groups in total. The number of rotatable bonds is 5. The SMILES string of the molecule is COc1ccc(-c2nc(Nc3ccc4[nH]ncc4c3)ncc2C(=O)O)cc1. The molecule has 4 rings (SSSR count). The lowest BCUT2D eigenvalue weighted by Gasteiger charge is -2.10. The van der Waals surface area contributed by atoms with Gasteiger partial charge in [0.1, 0.15) is 11.3 Å². The number of H-pyrrole nitrogens is 1. The first-order valence-corrected chi connectivity index (χ1v) is 8.09. The van der Waals surface area contributed by atoms with E-state index in [9.17, 15) is 9.90 Å². The summed E-state index contributed by atoms with van der Waals surface area (Å²) >= 11 is 0. The van der Waals surface area contributed by atoms with Gasteiger partial charge in [0, 0.05) is 22.8 Å². The number of anilines is 2. The molecule has 0 aliphatic carbocycles. The van der Waals surface area contributed by atoms with Crippen LogP contribution in [0.4, 0.5) is 11.6 Å². The van der Waals surface area contributed by atoms with Crippen LogP contribution in [0.3, 0.4) is 0 Å². The zero-order valence-corrected chi connectivity index (χ0v) is 14.3. The number of methoxy groups -OCH3 is 1. The van der Waals surface area contributed by atoms with Crippen molar-refractivity contribution in [2.45, 2.75) is 0 Å². The average Bonchev–Trinajstić information content (AvgIpc) is 3.15. The van der Waals surface area contributed by atoms with Gasteiger partial charge in [-0.3, -0.25) is 5.10 Å². The molecule has 8 nitrogen and oxygen atoms in total. The van der Waals surface area contributed by atoms with Gasteiger partial charge in [0.2, 0.25) is 5.95 Å². The van der Waals surface area contributed by atoms with Gasteiger partial charge >= 0.3 is 5.97 Å². The molecule has 2 aromatic heterocycles. The number of ether oxygens (including phenoxy) is 1. The van der Waals surface area contributed by atoms with E-state index in [-0.39, 0.29) is 5.56 Å². The Bertz CT molecular complexity index is 1120. The average molecular weight is 361 g/mol. The summed E-state index contributed by atoms with van der Waals surface area (Å²) in [6, 6.07) is 12.7. The van der Waals surface area contributed by atoms with Crippen molar-refractivity contribution >= 4 is 28.5 Å². The number of aromatic amines is 1. The van der Waals surface area contributed by atoms with E-state index in [4.69, 9.17) is 4.74 Å². The minimum atomic E-state index is -1.09. The summed E-state index contributed by atoms with van der Waals surface area (Å²) in [5, 5.41) is 20.4. The zero-order chi connectivity index (χ0) is 18.8. The van der Waals surface area contributed by atoms with Gasteiger partial charge in [-0.2, -0.15) is 5.10 Å². The third kappa shape index (κ3) is 3.28. The summed E-state index contributed by atoms with van der Waals surface area (Å²) in [5.74, 6) is -0.114. The van der Waals surface area contributed by atoms with Crippen molar-refractivity contribution in [3.8, 4) is 17.0 Å². The lowest BCUT2D eigenvalue weighted by molar-refractivity contribution is 0.0697. The molecule has 0 amide bonds. The Labute approximate surface area is 153 Å². The van der Waals surface area contributed by atoms with Crippen LogP contribution in [0, 0.1) is 0 Å². The summed E-state index contributed by atoms with van der Waals surface area (Å²) in [6.45, 7) is 0. The topological polar surface area (TPSA) is 113 Å². The molecule has 0 bridgehead atoms. The third-order valence-corrected chi connectivity index (χ3v) is 4.08. The van der Waals surface area contributed by atoms with Crippen molar-refractivity contribution in [3.05, 3.63) is 60.4 Å². The van der Waals surface area contributed by atoms with Crippen molar-refractivity contribution in [1.29, 1.82) is 0 Å². The van der Waals surface area contributed by atoms with E-state index < -0.39 is 5.97 Å². The predicted molar refractivity (Wildman–Crippen MR) is 100 cm³/mol. The van der Waals surface area contributed by atoms with Gasteiger partial charge < -0.3 is 15.2 Å².